The molecule has 0 bridgehead atoms. The summed E-state index contributed by atoms with van der Waals surface area (Å²) < 4.78 is 11.5. The number of aliphatic hydroxyl groups is 1. The summed E-state index contributed by atoms with van der Waals surface area (Å²) in [4.78, 5) is 4.23. The highest BCUT2D eigenvalue weighted by molar-refractivity contribution is 7.98. The third-order valence-corrected chi connectivity index (χ3v) is 7.41. The number of rotatable bonds is 10. The lowest BCUT2D eigenvalue weighted by atomic mass is 10.2. The maximum absolute atomic E-state index is 9.31. The first-order chi connectivity index (χ1) is 19.9. The molecule has 210 valence electrons. The van der Waals surface area contributed by atoms with Crippen LogP contribution in [0.15, 0.2) is 94.7 Å². The van der Waals surface area contributed by atoms with Crippen LogP contribution in [0.1, 0.15) is 11.1 Å². The van der Waals surface area contributed by atoms with Gasteiger partial charge in [0.1, 0.15) is 35.1 Å². The third kappa shape index (κ3) is 9.12. The van der Waals surface area contributed by atoms with Crippen LogP contribution < -0.4 is 19.7 Å². The zero-order valence-corrected chi connectivity index (χ0v) is 25.1. The Morgan fingerprint density at radius 2 is 1.24 bits per heavy atom. The molecule has 9 heteroatoms. The molecule has 0 aliphatic heterocycles. The van der Waals surface area contributed by atoms with Crippen LogP contribution in [0, 0.1) is 22.7 Å². The second kappa shape index (κ2) is 16.1. The Morgan fingerprint density at radius 1 is 0.756 bits per heavy atom. The average molecular weight is 585 g/mol. The molecule has 0 saturated heterocycles. The molecule has 0 unspecified atom stereocenters. The number of thioether (sulfide) groups is 2. The third-order valence-electron chi connectivity index (χ3n) is 5.92. The van der Waals surface area contributed by atoms with E-state index in [9.17, 15) is 5.26 Å². The molecule has 4 aromatic carbocycles. The number of nitrogens with one attached hydrogen (secondary N) is 1. The molecule has 4 aromatic rings. The number of aliphatic hydroxyl groups excluding tert-OH is 1. The number of hydrogen-bond acceptors (Lipinski definition) is 9. The highest BCUT2D eigenvalue weighted by Crippen LogP contribution is 2.30. The molecule has 0 heterocycles. The topological polar surface area (TPSA) is 102 Å². The minimum absolute atomic E-state index is 0.0679. The fourth-order valence-electron chi connectivity index (χ4n) is 3.61. The largest absolute Gasteiger partial charge is 0.456 e. The van der Waals surface area contributed by atoms with E-state index in [1.54, 1.807) is 47.8 Å². The first-order valence-corrected chi connectivity index (χ1v) is 15.1. The molecule has 0 spiro atoms. The van der Waals surface area contributed by atoms with E-state index in [-0.39, 0.29) is 6.61 Å². The molecule has 0 aliphatic rings. The maximum Gasteiger partial charge on any atom is 0.145 e. The Hall–Kier alpha value is -4.28. The SMILES string of the molecule is CNc1ccc(Oc2ccc(SC)cc2)c(C#N)c1.CSc1ccc(Oc2ccc(N(C)CCO)cc2C#N)cc1. The van der Waals surface area contributed by atoms with Crippen molar-refractivity contribution < 1.29 is 14.6 Å². The molecule has 4 rings (SSSR count). The molecular weight excluding hydrogens is 553 g/mol. The second-order valence-electron chi connectivity index (χ2n) is 8.57. The lowest BCUT2D eigenvalue weighted by Gasteiger charge is -2.19. The molecule has 41 heavy (non-hydrogen) atoms. The van der Waals surface area contributed by atoms with Gasteiger partial charge in [-0.2, -0.15) is 10.5 Å². The van der Waals surface area contributed by atoms with E-state index in [0.29, 0.717) is 34.9 Å². The van der Waals surface area contributed by atoms with Gasteiger partial charge in [-0.05, 0) is 97.4 Å². The molecule has 0 aliphatic carbocycles. The van der Waals surface area contributed by atoms with Crippen LogP contribution in [-0.2, 0) is 0 Å². The average Bonchev–Trinajstić information content (AvgIpc) is 3.02. The molecule has 0 saturated carbocycles. The van der Waals surface area contributed by atoms with Gasteiger partial charge in [-0.15, -0.1) is 23.5 Å². The van der Waals surface area contributed by atoms with Crippen molar-refractivity contribution in [1.82, 2.24) is 0 Å². The van der Waals surface area contributed by atoms with Gasteiger partial charge in [0.2, 0.25) is 0 Å². The van der Waals surface area contributed by atoms with Gasteiger partial charge in [-0.3, -0.25) is 0 Å². The Bertz CT molecular complexity index is 1500. The first kappa shape index (κ1) is 31.3. The van der Waals surface area contributed by atoms with Crippen LogP contribution in [0.5, 0.6) is 23.0 Å². The van der Waals surface area contributed by atoms with E-state index in [0.717, 1.165) is 22.0 Å². The van der Waals surface area contributed by atoms with Crippen molar-refractivity contribution in [2.75, 3.05) is 50.0 Å². The predicted octanol–water partition coefficient (Wildman–Crippen LogP) is 7.62. The quantitative estimate of drug-likeness (QED) is 0.182. The van der Waals surface area contributed by atoms with Crippen molar-refractivity contribution >= 4 is 34.9 Å². The number of nitrogens with zero attached hydrogens (tertiary/aromatic N) is 3. The number of ether oxygens (including phenoxy) is 2. The van der Waals surface area contributed by atoms with Gasteiger partial charge < -0.3 is 24.8 Å². The summed E-state index contributed by atoms with van der Waals surface area (Å²) in [6, 6.07) is 30.7. The number of nitriles is 2. The van der Waals surface area contributed by atoms with Gasteiger partial charge in [0.05, 0.1) is 17.7 Å². The van der Waals surface area contributed by atoms with Gasteiger partial charge in [-0.25, -0.2) is 0 Å². The Morgan fingerprint density at radius 3 is 1.68 bits per heavy atom. The van der Waals surface area contributed by atoms with Crippen molar-refractivity contribution in [3.05, 3.63) is 96.1 Å². The monoisotopic (exact) mass is 584 g/mol. The van der Waals surface area contributed by atoms with E-state index in [4.69, 9.17) is 19.8 Å². The fraction of sp³-hybridized carbons (Fsp3) is 0.188. The highest BCUT2D eigenvalue weighted by Gasteiger charge is 2.09. The number of anilines is 2. The van der Waals surface area contributed by atoms with Crippen molar-refractivity contribution in [2.45, 2.75) is 9.79 Å². The first-order valence-electron chi connectivity index (χ1n) is 12.7. The molecule has 0 amide bonds. The van der Waals surface area contributed by atoms with Gasteiger partial charge in [0, 0.05) is 41.8 Å². The van der Waals surface area contributed by atoms with Gasteiger partial charge in [0.25, 0.3) is 0 Å². The molecule has 0 atom stereocenters. The predicted molar refractivity (Wildman–Crippen MR) is 169 cm³/mol. The lowest BCUT2D eigenvalue weighted by molar-refractivity contribution is 0.304. The zero-order chi connectivity index (χ0) is 29.6. The van der Waals surface area contributed by atoms with Gasteiger partial charge in [0.15, 0.2) is 0 Å². The maximum atomic E-state index is 9.31. The summed E-state index contributed by atoms with van der Waals surface area (Å²) in [6.07, 6.45) is 4.05. The van der Waals surface area contributed by atoms with E-state index < -0.39 is 0 Å². The Kier molecular flexibility index (Phi) is 12.3. The van der Waals surface area contributed by atoms with Crippen molar-refractivity contribution in [2.24, 2.45) is 0 Å². The number of benzene rings is 4. The van der Waals surface area contributed by atoms with Gasteiger partial charge in [-0.1, -0.05) is 0 Å². The molecule has 7 nitrogen and oxygen atoms in total. The second-order valence-corrected chi connectivity index (χ2v) is 10.3. The zero-order valence-electron chi connectivity index (χ0n) is 23.4. The van der Waals surface area contributed by atoms with Crippen LogP contribution in [0.3, 0.4) is 0 Å². The van der Waals surface area contributed by atoms with Crippen molar-refractivity contribution in [1.29, 1.82) is 10.5 Å². The summed E-state index contributed by atoms with van der Waals surface area (Å²) in [5, 5.41) is 30.4. The van der Waals surface area contributed by atoms with Gasteiger partial charge >= 0.3 is 0 Å². The summed E-state index contributed by atoms with van der Waals surface area (Å²) in [6.45, 7) is 0.583. The normalized spacial score (nSPS) is 9.93. The summed E-state index contributed by atoms with van der Waals surface area (Å²) in [5.74, 6) is 2.52. The fourth-order valence-corrected chi connectivity index (χ4v) is 4.43. The standard InChI is InChI=1S/C17H18N2O2S.C15H14N2OS/c1-19(9-10-20)14-3-8-17(13(11-14)12-18)21-15-4-6-16(22-2)7-5-15;1-17-12-3-8-15(11(9-12)10-16)18-13-4-6-14(19-2)7-5-13/h3-8,11,20H,9-10H2,1-2H3;3-9,17H,1-2H3. The molecule has 2 N–H and O–H groups in total. The summed E-state index contributed by atoms with van der Waals surface area (Å²) >= 11 is 3.35. The molecular formula is C32H32N4O3S2. The van der Waals surface area contributed by atoms with Crippen LogP contribution in [0.25, 0.3) is 0 Å². The molecule has 0 radical (unpaired) electrons. The van der Waals surface area contributed by atoms with Crippen LogP contribution in [0.4, 0.5) is 11.4 Å². The minimum atomic E-state index is 0.0679. The smallest absolute Gasteiger partial charge is 0.145 e. The lowest BCUT2D eigenvalue weighted by Crippen LogP contribution is -2.21. The van der Waals surface area contributed by atoms with Crippen LogP contribution in [0.2, 0.25) is 0 Å². The van der Waals surface area contributed by atoms with Crippen LogP contribution in [-0.4, -0.2) is 44.9 Å². The molecule has 0 aromatic heterocycles. The van der Waals surface area contributed by atoms with Crippen molar-refractivity contribution in [3.8, 4) is 35.1 Å². The minimum Gasteiger partial charge on any atom is -0.456 e. The van der Waals surface area contributed by atoms with E-state index in [1.165, 1.54) is 4.90 Å². The highest BCUT2D eigenvalue weighted by atomic mass is 32.2. The van der Waals surface area contributed by atoms with Crippen molar-refractivity contribution in [3.63, 3.8) is 0 Å². The van der Waals surface area contributed by atoms with Crippen LogP contribution >= 0.6 is 23.5 Å². The number of hydrogen-bond donors (Lipinski definition) is 2. The summed E-state index contributed by atoms with van der Waals surface area (Å²) in [7, 11) is 3.69. The Balaban J connectivity index is 0.000000228. The Labute approximate surface area is 250 Å². The van der Waals surface area contributed by atoms with E-state index in [1.807, 2.05) is 92.2 Å². The number of likely N-dealkylation sites (N-methyl/N-ethyl adjacent to an activating group) is 1. The van der Waals surface area contributed by atoms with E-state index >= 15 is 0 Å². The summed E-state index contributed by atoms with van der Waals surface area (Å²) in [5.41, 5.74) is 2.74. The molecule has 0 fully saturated rings. The van der Waals surface area contributed by atoms with E-state index in [2.05, 4.69) is 17.5 Å².